The minimum absolute atomic E-state index is 0.0146. The Morgan fingerprint density at radius 3 is 2.50 bits per heavy atom. The highest BCUT2D eigenvalue weighted by Gasteiger charge is 2.20. The Balaban J connectivity index is 1.59. The highest BCUT2D eigenvalue weighted by Crippen LogP contribution is 2.23. The Morgan fingerprint density at radius 2 is 1.87 bits per heavy atom. The number of nitrogens with zero attached hydrogens (tertiary/aromatic N) is 6. The van der Waals surface area contributed by atoms with Crippen molar-refractivity contribution in [1.29, 1.82) is 0 Å². The van der Waals surface area contributed by atoms with E-state index in [1.54, 1.807) is 41.1 Å². The number of nitrogens with one attached hydrogen (secondary N) is 1. The fourth-order valence-corrected chi connectivity index (χ4v) is 3.95. The zero-order valence-electron chi connectivity index (χ0n) is 20.7. The highest BCUT2D eigenvalue weighted by atomic mass is 32.2. The number of sulfonamides is 1. The number of nitroso groups, excluding NO2 is 1. The molecule has 0 aliphatic heterocycles. The lowest BCUT2D eigenvalue weighted by Crippen LogP contribution is -2.26. The van der Waals surface area contributed by atoms with E-state index >= 15 is 4.39 Å². The van der Waals surface area contributed by atoms with Gasteiger partial charge in [0.25, 0.3) is 5.91 Å². The minimum Gasteiger partial charge on any atom is -0.497 e. The van der Waals surface area contributed by atoms with Crippen LogP contribution >= 0.6 is 0 Å². The second-order valence-electron chi connectivity index (χ2n) is 8.27. The molecule has 0 fully saturated rings. The lowest BCUT2D eigenvalue weighted by atomic mass is 10.2. The van der Waals surface area contributed by atoms with Gasteiger partial charge in [0.15, 0.2) is 0 Å². The van der Waals surface area contributed by atoms with Gasteiger partial charge >= 0.3 is 0 Å². The van der Waals surface area contributed by atoms with Crippen LogP contribution in [0, 0.1) is 10.7 Å². The molecule has 2 heterocycles. The summed E-state index contributed by atoms with van der Waals surface area (Å²) in [5.41, 5.74) is 1.15. The Morgan fingerprint density at radius 1 is 1.16 bits per heavy atom. The number of methoxy groups -OCH3 is 1. The van der Waals surface area contributed by atoms with Crippen LogP contribution in [0.5, 0.6) is 5.75 Å². The highest BCUT2D eigenvalue weighted by molar-refractivity contribution is 7.88. The van der Waals surface area contributed by atoms with E-state index in [1.165, 1.54) is 43.2 Å². The quantitative estimate of drug-likeness (QED) is 0.304. The molecule has 14 heteroatoms. The van der Waals surface area contributed by atoms with Gasteiger partial charge in [-0.1, -0.05) is 5.18 Å². The van der Waals surface area contributed by atoms with E-state index in [0.29, 0.717) is 22.9 Å². The van der Waals surface area contributed by atoms with Gasteiger partial charge in [0, 0.05) is 31.2 Å². The third-order valence-electron chi connectivity index (χ3n) is 5.66. The fourth-order valence-electron chi connectivity index (χ4n) is 3.60. The second kappa shape index (κ2) is 10.9. The summed E-state index contributed by atoms with van der Waals surface area (Å²) in [6.45, 7) is -0.256. The summed E-state index contributed by atoms with van der Waals surface area (Å²) in [6, 6.07) is 12.3. The van der Waals surface area contributed by atoms with E-state index in [9.17, 15) is 18.1 Å². The van der Waals surface area contributed by atoms with Gasteiger partial charge in [0.2, 0.25) is 10.0 Å². The maximum atomic E-state index is 15.1. The predicted molar refractivity (Wildman–Crippen MR) is 137 cm³/mol. The van der Waals surface area contributed by atoms with Crippen molar-refractivity contribution < 1.29 is 22.3 Å². The van der Waals surface area contributed by atoms with Crippen LogP contribution in [-0.4, -0.2) is 58.4 Å². The SMILES string of the molecule is COc1ccc(-n2nc(CN=O)cc2C(=O)Nc2ccc(-n3ccnc3CN(C)S(C)(=O)=O)cc2F)cc1. The van der Waals surface area contributed by atoms with E-state index < -0.39 is 21.7 Å². The van der Waals surface area contributed by atoms with E-state index in [1.807, 2.05) is 0 Å². The van der Waals surface area contributed by atoms with Gasteiger partial charge in [-0.25, -0.2) is 22.5 Å². The maximum Gasteiger partial charge on any atom is 0.274 e. The lowest BCUT2D eigenvalue weighted by Gasteiger charge is -2.15. The third kappa shape index (κ3) is 5.76. The smallest absolute Gasteiger partial charge is 0.274 e. The Hall–Kier alpha value is -4.43. The van der Waals surface area contributed by atoms with E-state index in [4.69, 9.17) is 4.74 Å². The molecule has 1 N–H and O–H groups in total. The van der Waals surface area contributed by atoms with Gasteiger partial charge in [-0.05, 0) is 42.5 Å². The molecular weight excluding hydrogens is 517 g/mol. The number of benzene rings is 2. The van der Waals surface area contributed by atoms with Crippen molar-refractivity contribution in [3.63, 3.8) is 0 Å². The number of rotatable bonds is 10. The topological polar surface area (TPSA) is 141 Å². The lowest BCUT2D eigenvalue weighted by molar-refractivity contribution is 0.101. The van der Waals surface area contributed by atoms with Crippen LogP contribution < -0.4 is 10.1 Å². The van der Waals surface area contributed by atoms with Crippen LogP contribution in [0.25, 0.3) is 11.4 Å². The second-order valence-corrected chi connectivity index (χ2v) is 10.4. The number of carbonyl (C=O) groups excluding carboxylic acids is 1. The number of imidazole rings is 1. The molecule has 0 unspecified atom stereocenters. The van der Waals surface area contributed by atoms with Gasteiger partial charge < -0.3 is 14.6 Å². The first-order chi connectivity index (χ1) is 18.1. The number of aromatic nitrogens is 4. The molecule has 0 saturated heterocycles. The fraction of sp³-hybridized carbons (Fsp3) is 0.208. The molecule has 198 valence electrons. The van der Waals surface area contributed by atoms with Crippen LogP contribution in [0.3, 0.4) is 0 Å². The average Bonchev–Trinajstić information content (AvgIpc) is 3.52. The molecule has 4 aromatic rings. The van der Waals surface area contributed by atoms with Gasteiger partial charge in [-0.2, -0.15) is 14.3 Å². The number of halogens is 1. The monoisotopic (exact) mass is 541 g/mol. The molecule has 0 spiro atoms. The van der Waals surface area contributed by atoms with Gasteiger partial charge in [0.05, 0.1) is 37.0 Å². The number of hydrogen-bond acceptors (Lipinski definition) is 8. The molecule has 12 nitrogen and oxygen atoms in total. The molecule has 0 aliphatic rings. The van der Waals surface area contributed by atoms with Crippen LogP contribution in [0.15, 0.2) is 66.1 Å². The number of carbonyl (C=O) groups is 1. The molecule has 0 aliphatic carbocycles. The molecule has 1 amide bonds. The van der Waals surface area contributed by atoms with E-state index in [0.717, 1.165) is 10.6 Å². The molecule has 0 atom stereocenters. The van der Waals surface area contributed by atoms with Crippen molar-refractivity contribution >= 4 is 21.6 Å². The van der Waals surface area contributed by atoms with Crippen molar-refractivity contribution in [2.24, 2.45) is 5.18 Å². The molecule has 0 bridgehead atoms. The molecule has 0 radical (unpaired) electrons. The number of ether oxygens (including phenoxy) is 1. The Labute approximate surface area is 217 Å². The number of amides is 1. The van der Waals surface area contributed by atoms with Crippen molar-refractivity contribution in [2.45, 2.75) is 13.1 Å². The predicted octanol–water partition coefficient (Wildman–Crippen LogP) is 3.12. The maximum absolute atomic E-state index is 15.1. The summed E-state index contributed by atoms with van der Waals surface area (Å²) in [6.07, 6.45) is 4.13. The Bertz CT molecular complexity index is 1580. The largest absolute Gasteiger partial charge is 0.497 e. The van der Waals surface area contributed by atoms with Gasteiger partial charge in [0.1, 0.15) is 29.6 Å². The molecule has 38 heavy (non-hydrogen) atoms. The summed E-state index contributed by atoms with van der Waals surface area (Å²) in [4.78, 5) is 28.1. The van der Waals surface area contributed by atoms with Crippen molar-refractivity contribution in [3.05, 3.63) is 88.9 Å². The zero-order chi connectivity index (χ0) is 27.4. The standard InChI is InChI=1S/C24H24FN7O5S/c1-30(38(3,35)36)15-23-26-10-11-31(23)18-6-9-21(20(25)13-18)28-24(33)22-12-16(14-27-34)29-32(22)17-4-7-19(37-2)8-5-17/h4-13H,14-15H2,1-3H3,(H,28,33). The number of hydrogen-bond donors (Lipinski definition) is 1. The average molecular weight is 542 g/mol. The summed E-state index contributed by atoms with van der Waals surface area (Å²) in [5, 5.41) is 9.64. The van der Waals surface area contributed by atoms with Gasteiger partial charge in [-0.3, -0.25) is 4.79 Å². The van der Waals surface area contributed by atoms with Crippen molar-refractivity contribution in [2.75, 3.05) is 25.7 Å². The van der Waals surface area contributed by atoms with Gasteiger partial charge in [-0.15, -0.1) is 0 Å². The van der Waals surface area contributed by atoms with Crippen molar-refractivity contribution in [3.8, 4) is 17.1 Å². The first-order valence-electron chi connectivity index (χ1n) is 11.2. The summed E-state index contributed by atoms with van der Waals surface area (Å²) in [5.74, 6) is -0.394. The first kappa shape index (κ1) is 26.6. The minimum atomic E-state index is -3.44. The summed E-state index contributed by atoms with van der Waals surface area (Å²) < 4.78 is 47.8. The van der Waals surface area contributed by atoms with Crippen LogP contribution in [0.1, 0.15) is 22.0 Å². The molecule has 4 rings (SSSR count). The zero-order valence-corrected chi connectivity index (χ0v) is 21.5. The molecule has 0 saturated carbocycles. The number of anilines is 1. The van der Waals surface area contributed by atoms with E-state index in [-0.39, 0.29) is 30.2 Å². The Kier molecular flexibility index (Phi) is 7.64. The molecule has 2 aromatic carbocycles. The van der Waals surface area contributed by atoms with Crippen LogP contribution in [0.4, 0.5) is 10.1 Å². The molecular formula is C24H24FN7O5S. The van der Waals surface area contributed by atoms with Crippen LogP contribution in [0.2, 0.25) is 0 Å². The van der Waals surface area contributed by atoms with Crippen LogP contribution in [-0.2, 0) is 23.1 Å². The summed E-state index contributed by atoms with van der Waals surface area (Å²) in [7, 11) is -0.498. The molecule has 2 aromatic heterocycles. The van der Waals surface area contributed by atoms with Crippen molar-refractivity contribution in [1.82, 2.24) is 23.6 Å². The van der Waals surface area contributed by atoms with E-state index in [2.05, 4.69) is 20.6 Å². The summed E-state index contributed by atoms with van der Waals surface area (Å²) >= 11 is 0. The first-order valence-corrected chi connectivity index (χ1v) is 13.0. The normalized spacial score (nSPS) is 11.5. The third-order valence-corrected chi connectivity index (χ3v) is 6.92.